The summed E-state index contributed by atoms with van der Waals surface area (Å²) in [4.78, 5) is 2.12. The number of hydrogen-bond acceptors (Lipinski definition) is 2. The van der Waals surface area contributed by atoms with Crippen LogP contribution in [0.3, 0.4) is 0 Å². The molecule has 0 aliphatic rings. The minimum Gasteiger partial charge on any atom is -0.369 e. The molecule has 0 radical (unpaired) electrons. The first kappa shape index (κ1) is 16.4. The third-order valence-electron chi connectivity index (χ3n) is 2.87. The van der Waals surface area contributed by atoms with E-state index in [0.717, 1.165) is 18.7 Å². The molecule has 0 spiro atoms. The number of nitrogens with two attached hydrogens (primary N) is 1. The summed E-state index contributed by atoms with van der Waals surface area (Å²) >= 11 is 3.31. The van der Waals surface area contributed by atoms with Gasteiger partial charge in [0, 0.05) is 19.6 Å². The van der Waals surface area contributed by atoms with E-state index in [1.54, 1.807) is 0 Å². The first-order valence-corrected chi connectivity index (χ1v) is 7.58. The molecule has 0 heterocycles. The van der Waals surface area contributed by atoms with Crippen molar-refractivity contribution in [3.05, 3.63) is 28.0 Å². The fraction of sp³-hybridized carbons (Fsp3) is 0.600. The molecule has 2 nitrogen and oxygen atoms in total. The van der Waals surface area contributed by atoms with Crippen LogP contribution in [0.25, 0.3) is 0 Å². The van der Waals surface area contributed by atoms with Gasteiger partial charge in [-0.3, -0.25) is 0 Å². The van der Waals surface area contributed by atoms with Crippen molar-refractivity contribution < 1.29 is 4.39 Å². The zero-order valence-corrected chi connectivity index (χ0v) is 13.8. The Kier molecular flexibility index (Phi) is 6.27. The second-order valence-corrected chi connectivity index (χ2v) is 6.56. The molecule has 0 aromatic heterocycles. The first-order chi connectivity index (χ1) is 8.86. The van der Waals surface area contributed by atoms with Crippen LogP contribution in [-0.2, 0) is 6.54 Å². The molecular weight excluding hydrogens is 307 g/mol. The smallest absolute Gasteiger partial charge is 0.160 e. The summed E-state index contributed by atoms with van der Waals surface area (Å²) in [5, 5.41) is 0. The van der Waals surface area contributed by atoms with Gasteiger partial charge in [-0.05, 0) is 39.4 Å². The van der Waals surface area contributed by atoms with Crippen molar-refractivity contribution in [2.75, 3.05) is 18.0 Å². The third kappa shape index (κ3) is 4.46. The molecular formula is C15H24BrFN2. The third-order valence-corrected chi connectivity index (χ3v) is 3.73. The second-order valence-electron chi connectivity index (χ2n) is 5.77. The van der Waals surface area contributed by atoms with Crippen LogP contribution < -0.4 is 10.6 Å². The standard InChI is InChI=1S/C15H24BrFN2/c1-10(2)8-19(9-11(3)4)13-6-5-12(7-18)14(16)15(13)17/h5-6,10-11H,7-9,18H2,1-4H3. The molecule has 0 bridgehead atoms. The second kappa shape index (κ2) is 7.25. The summed E-state index contributed by atoms with van der Waals surface area (Å²) in [6.07, 6.45) is 0. The van der Waals surface area contributed by atoms with Gasteiger partial charge in [0.05, 0.1) is 10.2 Å². The Labute approximate surface area is 124 Å². The van der Waals surface area contributed by atoms with Crippen molar-refractivity contribution in [1.82, 2.24) is 0 Å². The minimum absolute atomic E-state index is 0.204. The Morgan fingerprint density at radius 3 is 2.11 bits per heavy atom. The van der Waals surface area contributed by atoms with Gasteiger partial charge in [0.2, 0.25) is 0 Å². The number of benzene rings is 1. The van der Waals surface area contributed by atoms with Gasteiger partial charge in [0.1, 0.15) is 0 Å². The van der Waals surface area contributed by atoms with Gasteiger partial charge < -0.3 is 10.6 Å². The van der Waals surface area contributed by atoms with Gasteiger partial charge in [-0.1, -0.05) is 33.8 Å². The van der Waals surface area contributed by atoms with Crippen molar-refractivity contribution in [3.8, 4) is 0 Å². The molecule has 1 rings (SSSR count). The summed E-state index contributed by atoms with van der Waals surface area (Å²) < 4.78 is 14.9. The van der Waals surface area contributed by atoms with E-state index in [-0.39, 0.29) is 5.82 Å². The van der Waals surface area contributed by atoms with Crippen LogP contribution >= 0.6 is 15.9 Å². The fourth-order valence-electron chi connectivity index (χ4n) is 2.13. The largest absolute Gasteiger partial charge is 0.369 e. The molecule has 0 unspecified atom stereocenters. The van der Waals surface area contributed by atoms with Gasteiger partial charge in [-0.15, -0.1) is 0 Å². The molecule has 0 atom stereocenters. The lowest BCUT2D eigenvalue weighted by Gasteiger charge is -2.29. The molecule has 0 amide bonds. The maximum atomic E-state index is 14.5. The lowest BCUT2D eigenvalue weighted by molar-refractivity contribution is 0.536. The van der Waals surface area contributed by atoms with Crippen LogP contribution in [0.2, 0.25) is 0 Å². The topological polar surface area (TPSA) is 29.3 Å². The highest BCUT2D eigenvalue weighted by molar-refractivity contribution is 9.10. The summed E-state index contributed by atoms with van der Waals surface area (Å²) in [5.41, 5.74) is 7.06. The summed E-state index contributed by atoms with van der Waals surface area (Å²) in [7, 11) is 0. The van der Waals surface area contributed by atoms with Gasteiger partial charge in [-0.25, -0.2) is 4.39 Å². The first-order valence-electron chi connectivity index (χ1n) is 6.78. The average molecular weight is 331 g/mol. The zero-order valence-electron chi connectivity index (χ0n) is 12.2. The fourth-order valence-corrected chi connectivity index (χ4v) is 2.63. The van der Waals surface area contributed by atoms with Crippen molar-refractivity contribution in [2.24, 2.45) is 17.6 Å². The predicted octanol–water partition coefficient (Wildman–Crippen LogP) is 4.17. The van der Waals surface area contributed by atoms with Crippen LogP contribution in [-0.4, -0.2) is 13.1 Å². The highest BCUT2D eigenvalue weighted by atomic mass is 79.9. The van der Waals surface area contributed by atoms with Gasteiger partial charge >= 0.3 is 0 Å². The number of rotatable bonds is 6. The molecule has 0 saturated carbocycles. The highest BCUT2D eigenvalue weighted by Crippen LogP contribution is 2.30. The summed E-state index contributed by atoms with van der Waals surface area (Å²) in [6.45, 7) is 10.6. The van der Waals surface area contributed by atoms with E-state index < -0.39 is 0 Å². The molecule has 19 heavy (non-hydrogen) atoms. The Morgan fingerprint density at radius 2 is 1.68 bits per heavy atom. The van der Waals surface area contributed by atoms with Gasteiger partial charge in [0.15, 0.2) is 5.82 Å². The molecule has 1 aromatic rings. The number of halogens is 2. The maximum Gasteiger partial charge on any atom is 0.160 e. The van der Waals surface area contributed by atoms with Crippen molar-refractivity contribution >= 4 is 21.6 Å². The van der Waals surface area contributed by atoms with Gasteiger partial charge in [0.25, 0.3) is 0 Å². The quantitative estimate of drug-likeness (QED) is 0.848. The SMILES string of the molecule is CC(C)CN(CC(C)C)c1ccc(CN)c(Br)c1F. The van der Waals surface area contributed by atoms with Gasteiger partial charge in [-0.2, -0.15) is 0 Å². The molecule has 0 fully saturated rings. The predicted molar refractivity (Wildman–Crippen MR) is 83.9 cm³/mol. The Morgan fingerprint density at radius 1 is 1.16 bits per heavy atom. The number of nitrogens with zero attached hydrogens (tertiary/aromatic N) is 1. The Balaban J connectivity index is 3.11. The minimum atomic E-state index is -0.204. The van der Waals surface area contributed by atoms with Crippen molar-refractivity contribution in [1.29, 1.82) is 0 Å². The zero-order chi connectivity index (χ0) is 14.6. The van der Waals surface area contributed by atoms with Crippen LogP contribution in [0.5, 0.6) is 0 Å². The molecule has 4 heteroatoms. The van der Waals surface area contributed by atoms with Crippen LogP contribution in [0, 0.1) is 17.7 Å². The van der Waals surface area contributed by atoms with E-state index in [0.29, 0.717) is 28.5 Å². The average Bonchev–Trinajstić information content (AvgIpc) is 2.30. The Bertz CT molecular complexity index is 409. The lowest BCUT2D eigenvalue weighted by Crippen LogP contribution is -2.32. The summed E-state index contributed by atoms with van der Waals surface area (Å²) in [5.74, 6) is 0.779. The Hall–Kier alpha value is -0.610. The maximum absolute atomic E-state index is 14.5. The molecule has 2 N–H and O–H groups in total. The molecule has 0 aliphatic heterocycles. The van der Waals surface area contributed by atoms with Crippen molar-refractivity contribution in [3.63, 3.8) is 0 Å². The van der Waals surface area contributed by atoms with E-state index in [4.69, 9.17) is 5.73 Å². The lowest BCUT2D eigenvalue weighted by atomic mass is 10.1. The molecule has 0 saturated heterocycles. The van der Waals surface area contributed by atoms with Crippen LogP contribution in [0.4, 0.5) is 10.1 Å². The number of hydrogen-bond donors (Lipinski definition) is 1. The van der Waals surface area contributed by atoms with E-state index in [1.165, 1.54) is 0 Å². The van der Waals surface area contributed by atoms with E-state index in [9.17, 15) is 4.39 Å². The molecule has 1 aromatic carbocycles. The van der Waals surface area contributed by atoms with E-state index in [1.807, 2.05) is 12.1 Å². The van der Waals surface area contributed by atoms with E-state index in [2.05, 4.69) is 48.5 Å². The monoisotopic (exact) mass is 330 g/mol. The van der Waals surface area contributed by atoms with E-state index >= 15 is 0 Å². The normalized spacial score (nSPS) is 11.4. The van der Waals surface area contributed by atoms with Crippen LogP contribution in [0.1, 0.15) is 33.3 Å². The molecule has 0 aliphatic carbocycles. The number of anilines is 1. The summed E-state index contributed by atoms with van der Waals surface area (Å²) in [6, 6.07) is 3.74. The van der Waals surface area contributed by atoms with Crippen molar-refractivity contribution in [2.45, 2.75) is 34.2 Å². The molecule has 108 valence electrons. The highest BCUT2D eigenvalue weighted by Gasteiger charge is 2.17. The van der Waals surface area contributed by atoms with Crippen LogP contribution in [0.15, 0.2) is 16.6 Å².